The Morgan fingerprint density at radius 1 is 1.54 bits per heavy atom. The first-order valence-electron chi connectivity index (χ1n) is 4.32. The fourth-order valence-electron chi connectivity index (χ4n) is 1.22. The maximum absolute atomic E-state index is 11.3. The van der Waals surface area contributed by atoms with Gasteiger partial charge in [0.2, 0.25) is 0 Å². The quantitative estimate of drug-likeness (QED) is 0.650. The second kappa shape index (κ2) is 3.64. The van der Waals surface area contributed by atoms with Gasteiger partial charge in [-0.3, -0.25) is 0 Å². The Hall–Kier alpha value is -1.26. The van der Waals surface area contributed by atoms with Crippen LogP contribution in [0.1, 0.15) is 20.3 Å². The molecule has 1 rings (SSSR count). The molecule has 2 amide bonds. The molecule has 1 aliphatic heterocycles. The van der Waals surface area contributed by atoms with Crippen LogP contribution in [-0.2, 0) is 4.79 Å². The highest BCUT2D eigenvalue weighted by molar-refractivity contribution is 5.84. The number of carbonyl (C=O) groups is 2. The van der Waals surface area contributed by atoms with E-state index in [0.717, 1.165) is 0 Å². The summed E-state index contributed by atoms with van der Waals surface area (Å²) in [5.74, 6) is -0.926. The molecule has 5 heteroatoms. The zero-order chi connectivity index (χ0) is 10.0. The van der Waals surface area contributed by atoms with Gasteiger partial charge in [-0.05, 0) is 20.3 Å². The van der Waals surface area contributed by atoms with E-state index in [1.165, 1.54) is 4.90 Å². The summed E-state index contributed by atoms with van der Waals surface area (Å²) in [5, 5.41) is 11.3. The number of carbonyl (C=O) groups excluding carboxylic acids is 1. The molecule has 5 nitrogen and oxygen atoms in total. The van der Waals surface area contributed by atoms with Crippen molar-refractivity contribution in [3.8, 4) is 0 Å². The zero-order valence-electron chi connectivity index (χ0n) is 7.78. The summed E-state index contributed by atoms with van der Waals surface area (Å²) >= 11 is 0. The fourth-order valence-corrected chi connectivity index (χ4v) is 1.22. The van der Waals surface area contributed by atoms with Gasteiger partial charge in [0.05, 0.1) is 0 Å². The van der Waals surface area contributed by atoms with E-state index in [1.807, 2.05) is 13.8 Å². The van der Waals surface area contributed by atoms with Crippen LogP contribution in [0.4, 0.5) is 4.79 Å². The topological polar surface area (TPSA) is 69.6 Å². The van der Waals surface area contributed by atoms with Gasteiger partial charge in [-0.25, -0.2) is 9.59 Å². The van der Waals surface area contributed by atoms with E-state index in [2.05, 4.69) is 5.32 Å². The van der Waals surface area contributed by atoms with Crippen molar-refractivity contribution in [3.63, 3.8) is 0 Å². The SMILES string of the molecule is CC(C)NC(=O)N1CCC1C(=O)O. The number of hydrogen-bond acceptors (Lipinski definition) is 2. The van der Waals surface area contributed by atoms with Gasteiger partial charge in [-0.1, -0.05) is 0 Å². The van der Waals surface area contributed by atoms with Gasteiger partial charge in [-0.2, -0.15) is 0 Å². The molecule has 2 N–H and O–H groups in total. The minimum absolute atomic E-state index is 0.0440. The van der Waals surface area contributed by atoms with Crippen LogP contribution in [0, 0.1) is 0 Å². The third kappa shape index (κ3) is 2.11. The largest absolute Gasteiger partial charge is 0.480 e. The van der Waals surface area contributed by atoms with Crippen LogP contribution >= 0.6 is 0 Å². The smallest absolute Gasteiger partial charge is 0.326 e. The molecule has 0 aromatic rings. The van der Waals surface area contributed by atoms with Gasteiger partial charge >= 0.3 is 12.0 Å². The second-order valence-corrected chi connectivity index (χ2v) is 3.44. The Kier molecular flexibility index (Phi) is 2.75. The highest BCUT2D eigenvalue weighted by atomic mass is 16.4. The third-order valence-corrected chi connectivity index (χ3v) is 1.98. The van der Waals surface area contributed by atoms with E-state index in [-0.39, 0.29) is 12.1 Å². The van der Waals surface area contributed by atoms with E-state index in [4.69, 9.17) is 5.11 Å². The minimum atomic E-state index is -0.926. The summed E-state index contributed by atoms with van der Waals surface area (Å²) in [6.45, 7) is 4.22. The zero-order valence-corrected chi connectivity index (χ0v) is 7.78. The number of carboxylic acids is 1. The van der Waals surface area contributed by atoms with Crippen LogP contribution in [0.2, 0.25) is 0 Å². The van der Waals surface area contributed by atoms with Crippen LogP contribution in [0.25, 0.3) is 0 Å². The van der Waals surface area contributed by atoms with Gasteiger partial charge in [0.25, 0.3) is 0 Å². The summed E-state index contributed by atoms with van der Waals surface area (Å²) in [7, 11) is 0. The summed E-state index contributed by atoms with van der Waals surface area (Å²) in [6, 6.07) is -0.866. The van der Waals surface area contributed by atoms with Gasteiger partial charge < -0.3 is 15.3 Å². The Bertz CT molecular complexity index is 227. The lowest BCUT2D eigenvalue weighted by Crippen LogP contribution is -2.58. The van der Waals surface area contributed by atoms with Gasteiger partial charge in [-0.15, -0.1) is 0 Å². The molecule has 0 saturated carbocycles. The number of aliphatic carboxylic acids is 1. The first kappa shape index (κ1) is 9.83. The number of rotatable bonds is 2. The molecule has 1 aliphatic rings. The molecule has 74 valence electrons. The van der Waals surface area contributed by atoms with Crippen molar-refractivity contribution in [2.45, 2.75) is 32.4 Å². The molecular formula is C8H14N2O3. The predicted octanol–water partition coefficient (Wildman–Crippen LogP) is 0.263. The van der Waals surface area contributed by atoms with Crippen LogP contribution in [0.5, 0.6) is 0 Å². The van der Waals surface area contributed by atoms with E-state index in [9.17, 15) is 9.59 Å². The van der Waals surface area contributed by atoms with Crippen molar-refractivity contribution in [1.82, 2.24) is 10.2 Å². The van der Waals surface area contributed by atoms with Crippen LogP contribution in [-0.4, -0.2) is 40.6 Å². The summed E-state index contributed by atoms with van der Waals surface area (Å²) in [6.07, 6.45) is 0.556. The fraction of sp³-hybridized carbons (Fsp3) is 0.750. The lowest BCUT2D eigenvalue weighted by molar-refractivity contribution is -0.145. The second-order valence-electron chi connectivity index (χ2n) is 3.44. The Labute approximate surface area is 76.7 Å². The summed E-state index contributed by atoms with van der Waals surface area (Å²) in [5.41, 5.74) is 0. The van der Waals surface area contributed by atoms with Crippen LogP contribution in [0.3, 0.4) is 0 Å². The Balaban J connectivity index is 2.44. The number of nitrogens with one attached hydrogen (secondary N) is 1. The standard InChI is InChI=1S/C8H14N2O3/c1-5(2)9-8(13)10-4-3-6(10)7(11)12/h5-6H,3-4H2,1-2H3,(H,9,13)(H,11,12). The van der Waals surface area contributed by atoms with Crippen molar-refractivity contribution in [1.29, 1.82) is 0 Å². The number of nitrogens with zero attached hydrogens (tertiary/aromatic N) is 1. The Morgan fingerprint density at radius 2 is 2.15 bits per heavy atom. The first-order valence-corrected chi connectivity index (χ1v) is 4.32. The molecule has 1 unspecified atom stereocenters. The molecule has 1 fully saturated rings. The molecule has 0 aromatic heterocycles. The number of urea groups is 1. The molecule has 0 radical (unpaired) electrons. The molecule has 13 heavy (non-hydrogen) atoms. The predicted molar refractivity (Wildman–Crippen MR) is 46.4 cm³/mol. The maximum Gasteiger partial charge on any atom is 0.326 e. The molecule has 1 atom stereocenters. The van der Waals surface area contributed by atoms with E-state index in [0.29, 0.717) is 13.0 Å². The summed E-state index contributed by atoms with van der Waals surface area (Å²) in [4.78, 5) is 23.2. The van der Waals surface area contributed by atoms with Gasteiger partial charge in [0.15, 0.2) is 0 Å². The number of likely N-dealkylation sites (tertiary alicyclic amines) is 1. The monoisotopic (exact) mass is 186 g/mol. The van der Waals surface area contributed by atoms with Crippen molar-refractivity contribution < 1.29 is 14.7 Å². The third-order valence-electron chi connectivity index (χ3n) is 1.98. The number of amides is 2. The molecule has 0 aliphatic carbocycles. The molecule has 0 spiro atoms. The molecular weight excluding hydrogens is 172 g/mol. The van der Waals surface area contributed by atoms with E-state index >= 15 is 0 Å². The van der Waals surface area contributed by atoms with Crippen LogP contribution in [0.15, 0.2) is 0 Å². The average Bonchev–Trinajstić information content (AvgIpc) is 1.79. The molecule has 0 aromatic carbocycles. The highest BCUT2D eigenvalue weighted by Gasteiger charge is 2.37. The Morgan fingerprint density at radius 3 is 2.46 bits per heavy atom. The van der Waals surface area contributed by atoms with Crippen molar-refractivity contribution in [2.75, 3.05) is 6.54 Å². The lowest BCUT2D eigenvalue weighted by Gasteiger charge is -2.38. The first-order chi connectivity index (χ1) is 6.02. The molecule has 0 bridgehead atoms. The number of carboxylic acid groups (broad SMARTS) is 1. The van der Waals surface area contributed by atoms with E-state index in [1.54, 1.807) is 0 Å². The van der Waals surface area contributed by atoms with Gasteiger partial charge in [0, 0.05) is 12.6 Å². The number of hydrogen-bond donors (Lipinski definition) is 2. The van der Waals surface area contributed by atoms with E-state index < -0.39 is 12.0 Å². The van der Waals surface area contributed by atoms with Crippen molar-refractivity contribution >= 4 is 12.0 Å². The summed E-state index contributed by atoms with van der Waals surface area (Å²) < 4.78 is 0. The molecule has 1 saturated heterocycles. The normalized spacial score (nSPS) is 21.2. The van der Waals surface area contributed by atoms with Crippen molar-refractivity contribution in [3.05, 3.63) is 0 Å². The minimum Gasteiger partial charge on any atom is -0.480 e. The average molecular weight is 186 g/mol. The highest BCUT2D eigenvalue weighted by Crippen LogP contribution is 2.17. The maximum atomic E-state index is 11.3. The van der Waals surface area contributed by atoms with Crippen molar-refractivity contribution in [2.24, 2.45) is 0 Å². The van der Waals surface area contributed by atoms with Gasteiger partial charge in [0.1, 0.15) is 6.04 Å². The lowest BCUT2D eigenvalue weighted by atomic mass is 10.0. The van der Waals surface area contributed by atoms with Crippen LogP contribution < -0.4 is 5.32 Å². The molecule has 1 heterocycles.